The summed E-state index contributed by atoms with van der Waals surface area (Å²) in [5.41, 5.74) is 0.509. The summed E-state index contributed by atoms with van der Waals surface area (Å²) in [7, 11) is 0.00147. The lowest BCUT2D eigenvalue weighted by atomic mass is 10.2. The van der Waals surface area contributed by atoms with Gasteiger partial charge in [-0.15, -0.1) is 0 Å². The number of hydrogen-bond acceptors (Lipinski definition) is 6. The number of halogens is 2. The monoisotopic (exact) mass is 533 g/mol. The van der Waals surface area contributed by atoms with Gasteiger partial charge < -0.3 is 14.4 Å². The molecule has 2 atom stereocenters. The molecule has 184 valence electrons. The molecule has 0 radical (unpaired) electrons. The first-order valence-corrected chi connectivity index (χ1v) is 12.9. The molecule has 1 unspecified atom stereocenters. The second kappa shape index (κ2) is 11.2. The van der Waals surface area contributed by atoms with Crippen LogP contribution in [0.3, 0.4) is 0 Å². The van der Waals surface area contributed by atoms with Gasteiger partial charge in [-0.2, -0.15) is 5.26 Å². The van der Waals surface area contributed by atoms with E-state index in [0.29, 0.717) is 22.2 Å². The van der Waals surface area contributed by atoms with Crippen molar-refractivity contribution in [1.29, 1.82) is 5.26 Å². The Morgan fingerprint density at radius 3 is 2.29 bits per heavy atom. The maximum absolute atomic E-state index is 12.9. The van der Waals surface area contributed by atoms with Crippen LogP contribution in [-0.4, -0.2) is 39.6 Å². The molecule has 0 amide bonds. The first-order valence-electron chi connectivity index (χ1n) is 10.6. The van der Waals surface area contributed by atoms with Gasteiger partial charge in [-0.25, -0.2) is 8.42 Å². The van der Waals surface area contributed by atoms with Crippen molar-refractivity contribution >= 4 is 38.9 Å². The highest BCUT2D eigenvalue weighted by molar-refractivity contribution is 7.92. The van der Waals surface area contributed by atoms with Gasteiger partial charge in [0.25, 0.3) is 10.0 Å². The van der Waals surface area contributed by atoms with E-state index in [0.717, 1.165) is 0 Å². The molecule has 0 aliphatic carbocycles. The number of sulfonamides is 1. The Morgan fingerprint density at radius 1 is 0.971 bits per heavy atom. The molecule has 10 heteroatoms. The van der Waals surface area contributed by atoms with E-state index in [1.165, 1.54) is 24.3 Å². The molecule has 0 saturated carbocycles. The fourth-order valence-corrected chi connectivity index (χ4v) is 4.52. The largest absolute Gasteiger partial charge is 0.487 e. The molecule has 7 nitrogen and oxygen atoms in total. The molecule has 0 aromatic heterocycles. The molecule has 0 bridgehead atoms. The molecule has 3 aromatic rings. The summed E-state index contributed by atoms with van der Waals surface area (Å²) in [4.78, 5) is 2.05. The minimum Gasteiger partial charge on any atom is -0.487 e. The highest BCUT2D eigenvalue weighted by Gasteiger charge is 2.19. The Hall–Kier alpha value is -2.96. The van der Waals surface area contributed by atoms with Crippen LogP contribution in [0.2, 0.25) is 10.0 Å². The summed E-state index contributed by atoms with van der Waals surface area (Å²) in [6.45, 7) is 3.94. The van der Waals surface area contributed by atoms with E-state index >= 15 is 0 Å². The average Bonchev–Trinajstić information content (AvgIpc) is 2.81. The molecule has 0 aliphatic rings. The van der Waals surface area contributed by atoms with Crippen molar-refractivity contribution in [2.75, 3.05) is 18.8 Å². The van der Waals surface area contributed by atoms with Crippen molar-refractivity contribution in [3.63, 3.8) is 0 Å². The third-order valence-electron chi connectivity index (χ3n) is 5.44. The van der Waals surface area contributed by atoms with Crippen molar-refractivity contribution < 1.29 is 17.9 Å². The smallest absolute Gasteiger partial charge is 0.261 e. The normalized spacial score (nSPS) is 13.1. The first kappa shape index (κ1) is 26.6. The Balaban J connectivity index is 1.76. The van der Waals surface area contributed by atoms with E-state index < -0.39 is 10.0 Å². The van der Waals surface area contributed by atoms with Crippen LogP contribution in [-0.2, 0) is 10.0 Å². The molecule has 3 aromatic carbocycles. The second-order valence-corrected chi connectivity index (χ2v) is 10.6. The lowest BCUT2D eigenvalue weighted by Gasteiger charge is -2.27. The van der Waals surface area contributed by atoms with Crippen LogP contribution >= 0.6 is 23.2 Å². The van der Waals surface area contributed by atoms with E-state index in [1.54, 1.807) is 36.4 Å². The molecule has 35 heavy (non-hydrogen) atoms. The zero-order valence-electron chi connectivity index (χ0n) is 19.6. The minimum absolute atomic E-state index is 0.0310. The van der Waals surface area contributed by atoms with Crippen LogP contribution in [0.15, 0.2) is 65.6 Å². The van der Waals surface area contributed by atoms with Crippen molar-refractivity contribution in [3.8, 4) is 23.3 Å². The summed E-state index contributed by atoms with van der Waals surface area (Å²) in [5.74, 6) is 1.01. The molecule has 0 saturated heterocycles. The van der Waals surface area contributed by atoms with Gasteiger partial charge in [0.15, 0.2) is 0 Å². The predicted octanol–water partition coefficient (Wildman–Crippen LogP) is 6.18. The average molecular weight is 534 g/mol. The Morgan fingerprint density at radius 2 is 1.66 bits per heavy atom. The lowest BCUT2D eigenvalue weighted by Crippen LogP contribution is -2.38. The third-order valence-corrected chi connectivity index (χ3v) is 7.46. The summed E-state index contributed by atoms with van der Waals surface area (Å²) >= 11 is 12.3. The van der Waals surface area contributed by atoms with Gasteiger partial charge in [-0.3, -0.25) is 4.72 Å². The van der Waals surface area contributed by atoms with Crippen LogP contribution in [0.25, 0.3) is 0 Å². The van der Waals surface area contributed by atoms with Crippen LogP contribution in [0, 0.1) is 11.3 Å². The summed E-state index contributed by atoms with van der Waals surface area (Å²) in [5, 5.41) is 9.93. The number of benzene rings is 3. The van der Waals surface area contributed by atoms with Crippen molar-refractivity contribution in [1.82, 2.24) is 4.90 Å². The zero-order chi connectivity index (χ0) is 25.8. The Kier molecular flexibility index (Phi) is 8.51. The number of hydrogen-bond donors (Lipinski definition) is 1. The van der Waals surface area contributed by atoms with Crippen molar-refractivity contribution in [3.05, 3.63) is 76.3 Å². The van der Waals surface area contributed by atoms with E-state index in [4.69, 9.17) is 32.7 Å². The van der Waals surface area contributed by atoms with E-state index in [-0.39, 0.29) is 33.4 Å². The van der Waals surface area contributed by atoms with Gasteiger partial charge in [0.2, 0.25) is 0 Å². The zero-order valence-corrected chi connectivity index (χ0v) is 21.9. The fraction of sp³-hybridized carbons (Fsp3) is 0.240. The quantitative estimate of drug-likeness (QED) is 0.353. The topological polar surface area (TPSA) is 91.7 Å². The highest BCUT2D eigenvalue weighted by atomic mass is 35.5. The predicted molar refractivity (Wildman–Crippen MR) is 138 cm³/mol. The minimum atomic E-state index is -3.90. The molecule has 0 aliphatic heterocycles. The fourth-order valence-electron chi connectivity index (χ4n) is 3.10. The number of nitrogens with one attached hydrogen (secondary N) is 1. The Bertz CT molecular complexity index is 1340. The number of likely N-dealkylation sites (N-methyl/N-ethyl adjacent to an activating group) is 1. The van der Waals surface area contributed by atoms with Gasteiger partial charge >= 0.3 is 0 Å². The van der Waals surface area contributed by atoms with Crippen LogP contribution in [0.4, 0.5) is 5.69 Å². The standard InChI is InChI=1S/C25H25Cl2N3O4S/c1-16(30(3)4)17(2)33-25-14-18(8-13-23(25)27)29-35(31,32)20-11-9-19(10-12-20)34-24-7-5-6-22(26)21(24)15-28/h5-14,16-17,29H,1-4H3/t16?,17-/m1/s1. The number of rotatable bonds is 9. The van der Waals surface area contributed by atoms with Crippen molar-refractivity contribution in [2.45, 2.75) is 30.9 Å². The highest BCUT2D eigenvalue weighted by Crippen LogP contribution is 2.32. The van der Waals surface area contributed by atoms with Gasteiger partial charge in [0.05, 0.1) is 20.6 Å². The van der Waals surface area contributed by atoms with Gasteiger partial charge in [0, 0.05) is 12.1 Å². The summed E-state index contributed by atoms with van der Waals surface area (Å²) in [6, 6.07) is 17.5. The van der Waals surface area contributed by atoms with E-state index in [9.17, 15) is 13.7 Å². The van der Waals surface area contributed by atoms with Crippen LogP contribution in [0.5, 0.6) is 17.2 Å². The third kappa shape index (κ3) is 6.59. The molecule has 0 fully saturated rings. The van der Waals surface area contributed by atoms with Gasteiger partial charge in [-0.1, -0.05) is 29.3 Å². The molecular formula is C25H25Cl2N3O4S. The van der Waals surface area contributed by atoms with E-state index in [1.807, 2.05) is 38.9 Å². The van der Waals surface area contributed by atoms with E-state index in [2.05, 4.69) is 4.72 Å². The molecular weight excluding hydrogens is 509 g/mol. The second-order valence-electron chi connectivity index (χ2n) is 8.08. The summed E-state index contributed by atoms with van der Waals surface area (Å²) < 4.78 is 40.1. The van der Waals surface area contributed by atoms with Gasteiger partial charge in [-0.05, 0) is 76.5 Å². The van der Waals surface area contributed by atoms with Crippen LogP contribution < -0.4 is 14.2 Å². The SMILES string of the molecule is CC([C@@H](C)Oc1cc(NS(=O)(=O)c2ccc(Oc3cccc(Cl)c3C#N)cc2)ccc1Cl)N(C)C. The van der Waals surface area contributed by atoms with Gasteiger partial charge in [0.1, 0.15) is 35.0 Å². The van der Waals surface area contributed by atoms with Crippen LogP contribution in [0.1, 0.15) is 19.4 Å². The summed E-state index contributed by atoms with van der Waals surface area (Å²) in [6.07, 6.45) is -0.178. The Labute approximate surface area is 215 Å². The maximum atomic E-state index is 12.9. The van der Waals surface area contributed by atoms with Crippen molar-refractivity contribution in [2.24, 2.45) is 0 Å². The molecule has 0 heterocycles. The molecule has 0 spiro atoms. The number of anilines is 1. The molecule has 1 N–H and O–H groups in total. The maximum Gasteiger partial charge on any atom is 0.261 e. The number of nitriles is 1. The number of ether oxygens (including phenoxy) is 2. The lowest BCUT2D eigenvalue weighted by molar-refractivity contribution is 0.122. The molecule has 3 rings (SSSR count). The number of nitrogens with zero attached hydrogens (tertiary/aromatic N) is 2. The first-order chi connectivity index (χ1) is 16.5.